The number of halogens is 3. The van der Waals surface area contributed by atoms with Gasteiger partial charge >= 0.3 is 0 Å². The van der Waals surface area contributed by atoms with E-state index in [9.17, 15) is 13.2 Å². The molecule has 10 rings (SSSR count). The van der Waals surface area contributed by atoms with Gasteiger partial charge in [-0.05, 0) is 138 Å². The predicted octanol–water partition coefficient (Wildman–Crippen LogP) is 6.96. The molecule has 2 fully saturated rings. The number of aromatic nitrogens is 10. The molecule has 2 aromatic carbocycles. The smallest absolute Gasteiger partial charge is 0.184 e. The van der Waals surface area contributed by atoms with E-state index in [2.05, 4.69) is 51.0 Å². The van der Waals surface area contributed by atoms with Crippen molar-refractivity contribution in [3.8, 4) is 22.8 Å². The van der Waals surface area contributed by atoms with Gasteiger partial charge in [-0.1, -0.05) is 0 Å². The Morgan fingerprint density at radius 1 is 0.518 bits per heavy atom. The molecule has 0 atom stereocenters. The zero-order valence-corrected chi connectivity index (χ0v) is 31.2. The molecule has 8 heterocycles. The van der Waals surface area contributed by atoms with Gasteiger partial charge in [-0.3, -0.25) is 0 Å². The second-order valence-corrected chi connectivity index (χ2v) is 14.8. The highest BCUT2D eigenvalue weighted by molar-refractivity contribution is 5.78. The molecule has 0 bridgehead atoms. The highest BCUT2D eigenvalue weighted by Gasteiger charge is 2.21. The zero-order chi connectivity index (χ0) is 38.5. The SMILES string of the molecule is Cc1cn2cc(-c3nnc4cc(C5CCNCC5)cc(F)c4n3)cc(C)c2n1.Cc1cn2cc(-c3nnc4cc(C5CCNCC5)cc(F)c4n3)cc(F)c2n1. The van der Waals surface area contributed by atoms with E-state index in [1.807, 2.05) is 48.8 Å². The van der Waals surface area contributed by atoms with Crippen molar-refractivity contribution in [2.75, 3.05) is 26.2 Å². The monoisotopic (exact) mass is 756 g/mol. The van der Waals surface area contributed by atoms with E-state index in [-0.39, 0.29) is 28.3 Å². The van der Waals surface area contributed by atoms with Gasteiger partial charge in [-0.25, -0.2) is 33.1 Å². The normalized spacial score (nSPS) is 15.5. The number of piperidine rings is 2. The third kappa shape index (κ3) is 6.92. The van der Waals surface area contributed by atoms with E-state index in [1.165, 1.54) is 6.07 Å². The van der Waals surface area contributed by atoms with Crippen molar-refractivity contribution in [2.45, 2.75) is 58.3 Å². The Hall–Kier alpha value is -5.93. The average Bonchev–Trinajstić information content (AvgIpc) is 3.80. The van der Waals surface area contributed by atoms with Crippen LogP contribution in [-0.4, -0.2) is 75.3 Å². The standard InChI is InChI=1S/C21H21FN6.C20H18F2N6/c1-12-7-16(11-28-10-13(2)24-21(12)28)20-25-19-17(22)8-15(9-18(19)26-27-20)14-3-5-23-6-4-14;1-11-9-28-10-14(7-16(22)20(28)24-11)19-25-18-15(21)6-13(8-17(18)26-27-19)12-2-4-23-5-3-12/h7-11,14,23H,3-6H2,1-2H3;6-10,12,23H,2-5H2,1H3. The number of imidazole rings is 2. The summed E-state index contributed by atoms with van der Waals surface area (Å²) in [5, 5.41) is 23.5. The fourth-order valence-corrected chi connectivity index (χ4v) is 7.88. The molecule has 56 heavy (non-hydrogen) atoms. The Morgan fingerprint density at radius 2 is 0.982 bits per heavy atom. The first kappa shape index (κ1) is 35.8. The van der Waals surface area contributed by atoms with Crippen LogP contribution in [0.25, 0.3) is 56.1 Å². The number of rotatable bonds is 4. The summed E-state index contributed by atoms with van der Waals surface area (Å²) in [6.07, 6.45) is 11.2. The summed E-state index contributed by atoms with van der Waals surface area (Å²) < 4.78 is 47.6. The van der Waals surface area contributed by atoms with Crippen molar-refractivity contribution in [1.82, 2.24) is 59.8 Å². The maximum atomic E-state index is 14.9. The second kappa shape index (κ2) is 14.6. The van der Waals surface area contributed by atoms with E-state index >= 15 is 0 Å². The van der Waals surface area contributed by atoms with Crippen LogP contribution in [0, 0.1) is 38.2 Å². The van der Waals surface area contributed by atoms with Crippen LogP contribution in [0.2, 0.25) is 0 Å². The van der Waals surface area contributed by atoms with Crippen molar-refractivity contribution < 1.29 is 13.2 Å². The lowest BCUT2D eigenvalue weighted by atomic mass is 9.90. The number of fused-ring (bicyclic) bond motifs is 4. The maximum Gasteiger partial charge on any atom is 0.184 e. The number of hydrogen-bond acceptors (Lipinski definition) is 10. The first-order chi connectivity index (χ1) is 27.2. The zero-order valence-electron chi connectivity index (χ0n) is 31.2. The highest BCUT2D eigenvalue weighted by atomic mass is 19.1. The lowest BCUT2D eigenvalue weighted by Gasteiger charge is -2.23. The van der Waals surface area contributed by atoms with Crippen LogP contribution >= 0.6 is 0 Å². The third-order valence-corrected chi connectivity index (χ3v) is 10.7. The van der Waals surface area contributed by atoms with Crippen LogP contribution < -0.4 is 10.6 Å². The largest absolute Gasteiger partial charge is 0.317 e. The lowest BCUT2D eigenvalue weighted by Crippen LogP contribution is -2.26. The van der Waals surface area contributed by atoms with E-state index < -0.39 is 11.6 Å². The molecule has 2 saturated heterocycles. The number of hydrogen-bond donors (Lipinski definition) is 2. The Bertz CT molecular complexity index is 2580. The molecule has 284 valence electrons. The van der Waals surface area contributed by atoms with E-state index in [0.29, 0.717) is 40.0 Å². The average molecular weight is 757 g/mol. The van der Waals surface area contributed by atoms with E-state index in [4.69, 9.17) is 0 Å². The molecular formula is C41H39F3N12. The van der Waals surface area contributed by atoms with Gasteiger partial charge < -0.3 is 19.4 Å². The van der Waals surface area contributed by atoms with Gasteiger partial charge in [0.05, 0.1) is 11.4 Å². The van der Waals surface area contributed by atoms with Crippen LogP contribution in [-0.2, 0) is 0 Å². The number of benzene rings is 2. The molecule has 0 amide bonds. The summed E-state index contributed by atoms with van der Waals surface area (Å²) in [5.74, 6) is 0.000929. The predicted molar refractivity (Wildman–Crippen MR) is 207 cm³/mol. The minimum absolute atomic E-state index is 0.144. The Morgan fingerprint density at radius 3 is 1.50 bits per heavy atom. The molecule has 6 aromatic heterocycles. The van der Waals surface area contributed by atoms with Gasteiger partial charge in [0.25, 0.3) is 0 Å². The number of nitrogens with zero attached hydrogens (tertiary/aromatic N) is 10. The molecule has 0 spiro atoms. The molecule has 2 aliphatic heterocycles. The van der Waals surface area contributed by atoms with Crippen molar-refractivity contribution in [3.05, 3.63) is 107 Å². The maximum absolute atomic E-state index is 14.9. The van der Waals surface area contributed by atoms with Crippen molar-refractivity contribution >= 4 is 33.4 Å². The van der Waals surface area contributed by atoms with Gasteiger partial charge in [0.1, 0.15) is 27.7 Å². The summed E-state index contributed by atoms with van der Waals surface area (Å²) in [6.45, 7) is 9.51. The topological polar surface area (TPSA) is 136 Å². The molecule has 12 nitrogen and oxygen atoms in total. The van der Waals surface area contributed by atoms with Crippen molar-refractivity contribution in [3.63, 3.8) is 0 Å². The molecule has 15 heteroatoms. The minimum atomic E-state index is -0.490. The first-order valence-corrected chi connectivity index (χ1v) is 18.9. The summed E-state index contributed by atoms with van der Waals surface area (Å²) in [5.41, 5.74) is 8.23. The molecule has 2 aliphatic rings. The molecular weight excluding hydrogens is 718 g/mol. The second-order valence-electron chi connectivity index (χ2n) is 14.8. The van der Waals surface area contributed by atoms with E-state index in [0.717, 1.165) is 85.5 Å². The van der Waals surface area contributed by atoms with Crippen LogP contribution in [0.15, 0.2) is 61.2 Å². The number of nitrogens with one attached hydrogen (secondary N) is 2. The van der Waals surface area contributed by atoms with Crippen LogP contribution in [0.1, 0.15) is 65.6 Å². The summed E-state index contributed by atoms with van der Waals surface area (Å²) in [4.78, 5) is 17.5. The molecule has 0 aliphatic carbocycles. The van der Waals surface area contributed by atoms with Crippen LogP contribution in [0.5, 0.6) is 0 Å². The minimum Gasteiger partial charge on any atom is -0.317 e. The molecule has 0 saturated carbocycles. The van der Waals surface area contributed by atoms with Gasteiger partial charge in [0, 0.05) is 35.9 Å². The molecule has 8 aromatic rings. The summed E-state index contributed by atoms with van der Waals surface area (Å²) in [6, 6.07) is 10.2. The van der Waals surface area contributed by atoms with E-state index in [1.54, 1.807) is 35.9 Å². The van der Waals surface area contributed by atoms with Crippen molar-refractivity contribution in [1.29, 1.82) is 0 Å². The lowest BCUT2D eigenvalue weighted by molar-refractivity contribution is 0.459. The third-order valence-electron chi connectivity index (χ3n) is 10.7. The molecule has 2 N–H and O–H groups in total. The van der Waals surface area contributed by atoms with Gasteiger partial charge in [-0.2, -0.15) is 0 Å². The van der Waals surface area contributed by atoms with Gasteiger partial charge in [0.15, 0.2) is 34.7 Å². The van der Waals surface area contributed by atoms with Crippen LogP contribution in [0.3, 0.4) is 0 Å². The molecule has 0 radical (unpaired) electrons. The fourth-order valence-electron chi connectivity index (χ4n) is 7.88. The van der Waals surface area contributed by atoms with Gasteiger partial charge in [0.2, 0.25) is 0 Å². The summed E-state index contributed by atoms with van der Waals surface area (Å²) in [7, 11) is 0. The summed E-state index contributed by atoms with van der Waals surface area (Å²) >= 11 is 0. The number of aryl methyl sites for hydroxylation is 3. The Balaban J connectivity index is 0.000000146. The Kier molecular flexibility index (Phi) is 9.33. The van der Waals surface area contributed by atoms with Crippen molar-refractivity contribution in [2.24, 2.45) is 0 Å². The number of pyridine rings is 2. The van der Waals surface area contributed by atoms with Gasteiger partial charge in [-0.15, -0.1) is 20.4 Å². The van der Waals surface area contributed by atoms with Crippen LogP contribution in [0.4, 0.5) is 13.2 Å². The Labute approximate surface area is 319 Å². The first-order valence-electron chi connectivity index (χ1n) is 18.9. The highest BCUT2D eigenvalue weighted by Crippen LogP contribution is 2.31. The quantitative estimate of drug-likeness (QED) is 0.194. The molecule has 0 unspecified atom stereocenters. The fraction of sp³-hybridized carbons (Fsp3) is 0.317.